The molecular weight excluding hydrogens is 350 g/mol. The predicted molar refractivity (Wildman–Crippen MR) is 102 cm³/mol. The first-order valence-corrected chi connectivity index (χ1v) is 9.24. The lowest BCUT2D eigenvalue weighted by Gasteiger charge is -2.11. The fourth-order valence-corrected chi connectivity index (χ4v) is 3.45. The summed E-state index contributed by atoms with van der Waals surface area (Å²) in [5, 5.41) is 14.0. The van der Waals surface area contributed by atoms with Crippen molar-refractivity contribution in [1.82, 2.24) is 19.9 Å². The maximum Gasteiger partial charge on any atom is 0.196 e. The summed E-state index contributed by atoms with van der Waals surface area (Å²) in [6.07, 6.45) is 3.60. The molecule has 0 aliphatic rings. The van der Waals surface area contributed by atoms with Gasteiger partial charge in [-0.2, -0.15) is 0 Å². The fraction of sp³-hybridized carbons (Fsp3) is 0.333. The average Bonchev–Trinajstić information content (AvgIpc) is 2.99. The quantitative estimate of drug-likeness (QED) is 0.433. The zero-order valence-electron chi connectivity index (χ0n) is 14.9. The number of carbonyl (C=O) groups is 1. The van der Waals surface area contributed by atoms with Crippen LogP contribution in [0, 0.1) is 0 Å². The number of aromatic nitrogens is 4. The second-order valence-electron chi connectivity index (χ2n) is 5.99. The molecule has 0 aromatic carbocycles. The van der Waals surface area contributed by atoms with Crippen LogP contribution in [0.5, 0.6) is 0 Å². The van der Waals surface area contributed by atoms with Crippen LogP contribution in [0.3, 0.4) is 0 Å². The third-order valence-corrected chi connectivity index (χ3v) is 4.67. The van der Waals surface area contributed by atoms with Crippen molar-refractivity contribution < 1.29 is 9.90 Å². The number of ketones is 1. The predicted octanol–water partition coefficient (Wildman–Crippen LogP) is 3.06. The molecule has 26 heavy (non-hydrogen) atoms. The van der Waals surface area contributed by atoms with Crippen molar-refractivity contribution >= 4 is 34.4 Å². The van der Waals surface area contributed by atoms with Gasteiger partial charge in [-0.15, -0.1) is 0 Å². The summed E-state index contributed by atoms with van der Waals surface area (Å²) < 4.78 is 0. The van der Waals surface area contributed by atoms with Crippen molar-refractivity contribution in [2.24, 2.45) is 0 Å². The van der Waals surface area contributed by atoms with E-state index in [4.69, 9.17) is 0 Å². The van der Waals surface area contributed by atoms with Crippen LogP contribution in [-0.4, -0.2) is 43.5 Å². The minimum absolute atomic E-state index is 0.0375. The van der Waals surface area contributed by atoms with Gasteiger partial charge in [-0.3, -0.25) is 9.78 Å². The van der Waals surface area contributed by atoms with Gasteiger partial charge in [0.25, 0.3) is 0 Å². The topological polar surface area (TPSA) is 104 Å². The highest BCUT2D eigenvalue weighted by Crippen LogP contribution is 2.32. The van der Waals surface area contributed by atoms with Crippen molar-refractivity contribution in [2.45, 2.75) is 43.3 Å². The standard InChI is InChI=1S/C18H21N5O2S/c1-4-13-14(11(3)25)15-16(20-8-10(2)24)22-18(23-17(15)21-13)26-12-6-5-7-19-9-12/h5-7,9-10,24H,4,8H2,1-3H3,(H2,20,21,22,23)/t10-/m0/s1. The van der Waals surface area contributed by atoms with E-state index in [2.05, 4.69) is 25.3 Å². The first-order chi connectivity index (χ1) is 12.5. The van der Waals surface area contributed by atoms with Crippen LogP contribution in [-0.2, 0) is 6.42 Å². The Labute approximate surface area is 155 Å². The molecule has 3 heterocycles. The lowest BCUT2D eigenvalue weighted by Crippen LogP contribution is -2.17. The number of aliphatic hydroxyl groups excluding tert-OH is 1. The van der Waals surface area contributed by atoms with Crippen LogP contribution in [0.2, 0.25) is 0 Å². The van der Waals surface area contributed by atoms with E-state index in [0.717, 1.165) is 10.6 Å². The fourth-order valence-electron chi connectivity index (χ4n) is 2.71. The van der Waals surface area contributed by atoms with E-state index >= 15 is 0 Å². The Bertz CT molecular complexity index is 924. The first kappa shape index (κ1) is 18.3. The van der Waals surface area contributed by atoms with Gasteiger partial charge in [0.2, 0.25) is 0 Å². The second kappa shape index (κ2) is 7.84. The number of anilines is 1. The van der Waals surface area contributed by atoms with E-state index in [9.17, 15) is 9.90 Å². The number of aromatic amines is 1. The van der Waals surface area contributed by atoms with Gasteiger partial charge in [0.05, 0.1) is 17.1 Å². The molecule has 0 aliphatic heterocycles. The molecule has 0 saturated heterocycles. The summed E-state index contributed by atoms with van der Waals surface area (Å²) in [6, 6.07) is 3.78. The molecule has 3 rings (SSSR count). The molecule has 0 bridgehead atoms. The molecule has 0 amide bonds. The number of Topliss-reactive ketones (excluding diaryl/α,β-unsaturated/α-hetero) is 1. The summed E-state index contributed by atoms with van der Waals surface area (Å²) in [5.41, 5.74) is 2.06. The summed E-state index contributed by atoms with van der Waals surface area (Å²) in [7, 11) is 0. The van der Waals surface area contributed by atoms with Crippen LogP contribution in [0.25, 0.3) is 11.0 Å². The number of aryl methyl sites for hydroxylation is 1. The number of aliphatic hydroxyl groups is 1. The molecule has 1 atom stereocenters. The summed E-state index contributed by atoms with van der Waals surface area (Å²) >= 11 is 1.39. The summed E-state index contributed by atoms with van der Waals surface area (Å²) in [6.45, 7) is 5.54. The van der Waals surface area contributed by atoms with Gasteiger partial charge in [0.15, 0.2) is 10.9 Å². The molecule has 0 unspecified atom stereocenters. The van der Waals surface area contributed by atoms with E-state index in [0.29, 0.717) is 40.5 Å². The molecule has 0 saturated carbocycles. The van der Waals surface area contributed by atoms with Crippen molar-refractivity contribution in [3.63, 3.8) is 0 Å². The number of nitrogens with zero attached hydrogens (tertiary/aromatic N) is 3. The van der Waals surface area contributed by atoms with Gasteiger partial charge < -0.3 is 15.4 Å². The van der Waals surface area contributed by atoms with Crippen molar-refractivity contribution in [3.8, 4) is 0 Å². The number of hydrogen-bond donors (Lipinski definition) is 3. The van der Waals surface area contributed by atoms with Crippen molar-refractivity contribution in [1.29, 1.82) is 0 Å². The van der Waals surface area contributed by atoms with Gasteiger partial charge in [0.1, 0.15) is 11.5 Å². The zero-order chi connectivity index (χ0) is 18.7. The minimum atomic E-state index is -0.542. The van der Waals surface area contributed by atoms with E-state index in [1.807, 2.05) is 19.1 Å². The Balaban J connectivity index is 2.12. The third-order valence-electron chi connectivity index (χ3n) is 3.82. The lowest BCUT2D eigenvalue weighted by molar-refractivity contribution is 0.101. The minimum Gasteiger partial charge on any atom is -0.392 e. The maximum atomic E-state index is 12.2. The second-order valence-corrected chi connectivity index (χ2v) is 7.03. The molecule has 136 valence electrons. The molecule has 0 radical (unpaired) electrons. The summed E-state index contributed by atoms with van der Waals surface area (Å²) in [5.74, 6) is 0.507. The van der Waals surface area contributed by atoms with E-state index in [1.54, 1.807) is 26.2 Å². The first-order valence-electron chi connectivity index (χ1n) is 8.43. The lowest BCUT2D eigenvalue weighted by atomic mass is 10.1. The number of carbonyl (C=O) groups excluding carboxylic acids is 1. The Morgan fingerprint density at radius 3 is 2.85 bits per heavy atom. The molecule has 3 aromatic heterocycles. The highest BCUT2D eigenvalue weighted by Gasteiger charge is 2.21. The summed E-state index contributed by atoms with van der Waals surface area (Å²) in [4.78, 5) is 29.6. The molecule has 0 aliphatic carbocycles. The molecule has 3 N–H and O–H groups in total. The number of rotatable bonds is 7. The molecule has 0 fully saturated rings. The number of H-pyrrole nitrogens is 1. The van der Waals surface area contributed by atoms with E-state index in [1.165, 1.54) is 11.8 Å². The van der Waals surface area contributed by atoms with Crippen LogP contribution in [0.15, 0.2) is 34.6 Å². The number of pyridine rings is 1. The van der Waals surface area contributed by atoms with Gasteiger partial charge in [-0.25, -0.2) is 9.97 Å². The third kappa shape index (κ3) is 3.86. The number of nitrogens with one attached hydrogen (secondary N) is 2. The Hall–Kier alpha value is -2.45. The van der Waals surface area contributed by atoms with Crippen LogP contribution in [0.1, 0.15) is 36.8 Å². The van der Waals surface area contributed by atoms with Gasteiger partial charge in [0, 0.05) is 29.5 Å². The highest BCUT2D eigenvalue weighted by molar-refractivity contribution is 7.99. The van der Waals surface area contributed by atoms with Crippen LogP contribution >= 0.6 is 11.8 Å². The van der Waals surface area contributed by atoms with E-state index in [-0.39, 0.29) is 5.78 Å². The van der Waals surface area contributed by atoms with Gasteiger partial charge in [-0.05, 0) is 44.2 Å². The smallest absolute Gasteiger partial charge is 0.196 e. The van der Waals surface area contributed by atoms with Crippen molar-refractivity contribution in [2.75, 3.05) is 11.9 Å². The van der Waals surface area contributed by atoms with Gasteiger partial charge >= 0.3 is 0 Å². The molecule has 0 spiro atoms. The van der Waals surface area contributed by atoms with E-state index < -0.39 is 6.10 Å². The Morgan fingerprint density at radius 1 is 1.42 bits per heavy atom. The monoisotopic (exact) mass is 371 g/mol. The normalized spacial score (nSPS) is 12.3. The molecule has 3 aromatic rings. The maximum absolute atomic E-state index is 12.2. The molecule has 7 nitrogen and oxygen atoms in total. The molecule has 8 heteroatoms. The Kier molecular flexibility index (Phi) is 5.53. The average molecular weight is 371 g/mol. The SMILES string of the molecule is CCc1[nH]c2nc(Sc3cccnc3)nc(NC[C@H](C)O)c2c1C(C)=O. The van der Waals surface area contributed by atoms with Crippen molar-refractivity contribution in [3.05, 3.63) is 35.8 Å². The zero-order valence-corrected chi connectivity index (χ0v) is 15.7. The van der Waals surface area contributed by atoms with Gasteiger partial charge in [-0.1, -0.05) is 6.92 Å². The molecular formula is C18H21N5O2S. The number of hydrogen-bond acceptors (Lipinski definition) is 7. The Morgan fingerprint density at radius 2 is 2.23 bits per heavy atom. The van der Waals surface area contributed by atoms with Crippen LogP contribution < -0.4 is 5.32 Å². The van der Waals surface area contributed by atoms with Crippen LogP contribution in [0.4, 0.5) is 5.82 Å². The largest absolute Gasteiger partial charge is 0.392 e. The highest BCUT2D eigenvalue weighted by atomic mass is 32.2. The number of fused-ring (bicyclic) bond motifs is 1.